The first kappa shape index (κ1) is 20.2. The van der Waals surface area contributed by atoms with Gasteiger partial charge in [-0.05, 0) is 17.7 Å². The van der Waals surface area contributed by atoms with Crippen LogP contribution in [-0.4, -0.2) is 28.1 Å². The lowest BCUT2D eigenvalue weighted by Gasteiger charge is -2.04. The van der Waals surface area contributed by atoms with Gasteiger partial charge in [0.2, 0.25) is 5.91 Å². The van der Waals surface area contributed by atoms with Gasteiger partial charge in [-0.15, -0.1) is 22.7 Å². The van der Waals surface area contributed by atoms with Crippen LogP contribution >= 0.6 is 22.7 Å². The minimum absolute atomic E-state index is 0.0368. The second kappa shape index (κ2) is 7.86. The van der Waals surface area contributed by atoms with Crippen LogP contribution in [0.1, 0.15) is 17.4 Å². The monoisotopic (exact) mass is 429 g/mol. The number of nitrogens with zero attached hydrogens (tertiary/aromatic N) is 1. The number of fused-ring (bicyclic) bond motifs is 2. The number of nitrogens with one attached hydrogen (secondary N) is 2. The Kier molecular flexibility index (Phi) is 5.68. The number of hydrogen-bond acceptors (Lipinski definition) is 6. The van der Waals surface area contributed by atoms with Gasteiger partial charge in [0.1, 0.15) is 10.0 Å². The molecule has 148 valence electrons. The molecule has 3 N–H and O–H groups in total. The van der Waals surface area contributed by atoms with Crippen molar-refractivity contribution in [3.63, 3.8) is 0 Å². The summed E-state index contributed by atoms with van der Waals surface area (Å²) >= 11 is 3.33. The molecule has 3 aromatic rings. The number of thiazole rings is 1. The Morgan fingerprint density at radius 2 is 1.89 bits per heavy atom. The molecular formula is C17H14F3N3O3S2. The van der Waals surface area contributed by atoms with Crippen LogP contribution < -0.4 is 10.6 Å². The number of halogens is 3. The number of anilines is 1. The molecule has 0 spiro atoms. The van der Waals surface area contributed by atoms with Gasteiger partial charge in [0.15, 0.2) is 0 Å². The number of para-hydroxylation sites is 1. The van der Waals surface area contributed by atoms with E-state index < -0.39 is 12.1 Å². The molecule has 2 aromatic heterocycles. The van der Waals surface area contributed by atoms with Crippen LogP contribution in [-0.2, 0) is 22.7 Å². The van der Waals surface area contributed by atoms with Crippen LogP contribution in [0.2, 0.25) is 0 Å². The fraction of sp³-hybridized carbons (Fsp3) is 0.235. The number of thiophene rings is 1. The van der Waals surface area contributed by atoms with Gasteiger partial charge in [-0.25, -0.2) is 9.78 Å². The maximum atomic E-state index is 11.5. The largest absolute Gasteiger partial charge is 0.490 e. The highest BCUT2D eigenvalue weighted by Gasteiger charge is 2.38. The van der Waals surface area contributed by atoms with Gasteiger partial charge in [-0.1, -0.05) is 12.1 Å². The van der Waals surface area contributed by atoms with Crippen LogP contribution in [0.5, 0.6) is 0 Å². The van der Waals surface area contributed by atoms with Crippen LogP contribution in [0.25, 0.3) is 20.8 Å². The Morgan fingerprint density at radius 1 is 1.21 bits per heavy atom. The molecule has 0 fully saturated rings. The highest BCUT2D eigenvalue weighted by atomic mass is 32.1. The summed E-state index contributed by atoms with van der Waals surface area (Å²) in [5.41, 5.74) is 3.39. The van der Waals surface area contributed by atoms with E-state index in [0.717, 1.165) is 34.2 Å². The summed E-state index contributed by atoms with van der Waals surface area (Å²) in [5.74, 6) is -2.79. The number of carboxylic acid groups (broad SMARTS) is 1. The maximum Gasteiger partial charge on any atom is 0.490 e. The van der Waals surface area contributed by atoms with E-state index in [-0.39, 0.29) is 5.91 Å². The third-order valence-electron chi connectivity index (χ3n) is 3.72. The molecule has 0 atom stereocenters. The summed E-state index contributed by atoms with van der Waals surface area (Å²) in [5, 5.41) is 15.4. The van der Waals surface area contributed by atoms with Gasteiger partial charge in [-0.3, -0.25) is 4.79 Å². The Balaban J connectivity index is 0.000000279. The molecule has 28 heavy (non-hydrogen) atoms. The maximum absolute atomic E-state index is 11.5. The van der Waals surface area contributed by atoms with Crippen molar-refractivity contribution in [3.05, 3.63) is 34.7 Å². The minimum Gasteiger partial charge on any atom is -0.475 e. The molecular weight excluding hydrogens is 415 g/mol. The van der Waals surface area contributed by atoms with E-state index in [2.05, 4.69) is 16.7 Å². The van der Waals surface area contributed by atoms with Crippen molar-refractivity contribution in [3.8, 4) is 10.6 Å². The number of amides is 1. The topological polar surface area (TPSA) is 91.3 Å². The smallest absolute Gasteiger partial charge is 0.475 e. The molecule has 0 unspecified atom stereocenters. The van der Waals surface area contributed by atoms with Crippen molar-refractivity contribution in [1.29, 1.82) is 0 Å². The zero-order valence-corrected chi connectivity index (χ0v) is 16.0. The normalized spacial score (nSPS) is 13.0. The van der Waals surface area contributed by atoms with Crippen LogP contribution in [0, 0.1) is 0 Å². The standard InChI is InChI=1S/C15H13N3OS2.C2HF3O2/c1-8(19)17-14-13(9-6-16-7-12(9)21-14)15-18-10-4-2-3-5-11(10)20-15;3-2(4,5)1(6)7/h2-5,16H,6-7H2,1H3,(H,17,19);(H,6,7). The number of aliphatic carboxylic acids is 1. The Hall–Kier alpha value is -2.50. The van der Waals surface area contributed by atoms with E-state index in [1.54, 1.807) is 29.6 Å². The van der Waals surface area contributed by atoms with Gasteiger partial charge >= 0.3 is 12.1 Å². The fourth-order valence-corrected chi connectivity index (χ4v) is 4.94. The number of hydrogen-bond donors (Lipinski definition) is 3. The summed E-state index contributed by atoms with van der Waals surface area (Å²) in [7, 11) is 0. The highest BCUT2D eigenvalue weighted by Crippen LogP contribution is 2.45. The van der Waals surface area contributed by atoms with Gasteiger partial charge in [0.05, 0.1) is 15.8 Å². The molecule has 1 aliphatic heterocycles. The molecule has 0 bridgehead atoms. The van der Waals surface area contributed by atoms with Gasteiger partial charge in [-0.2, -0.15) is 13.2 Å². The number of carbonyl (C=O) groups excluding carboxylic acids is 1. The molecule has 1 aliphatic rings. The summed E-state index contributed by atoms with van der Waals surface area (Å²) in [6.45, 7) is 3.26. The van der Waals surface area contributed by atoms with E-state index in [9.17, 15) is 18.0 Å². The molecule has 0 radical (unpaired) electrons. The van der Waals surface area contributed by atoms with Crippen LogP contribution in [0.3, 0.4) is 0 Å². The molecule has 1 amide bonds. The van der Waals surface area contributed by atoms with E-state index in [1.807, 2.05) is 18.2 Å². The predicted molar refractivity (Wildman–Crippen MR) is 101 cm³/mol. The lowest BCUT2D eigenvalue weighted by molar-refractivity contribution is -0.192. The predicted octanol–water partition coefficient (Wildman–Crippen LogP) is 4.22. The molecule has 0 saturated carbocycles. The lowest BCUT2D eigenvalue weighted by atomic mass is 10.1. The van der Waals surface area contributed by atoms with Crippen molar-refractivity contribution >= 4 is 49.8 Å². The molecule has 0 aliphatic carbocycles. The average Bonchev–Trinajstić information content (AvgIpc) is 3.27. The fourth-order valence-electron chi connectivity index (χ4n) is 2.60. The number of rotatable bonds is 2. The van der Waals surface area contributed by atoms with E-state index in [1.165, 1.54) is 15.1 Å². The van der Waals surface area contributed by atoms with Gasteiger partial charge < -0.3 is 15.7 Å². The first-order chi connectivity index (χ1) is 13.2. The van der Waals surface area contributed by atoms with Crippen molar-refractivity contribution in [2.24, 2.45) is 0 Å². The van der Waals surface area contributed by atoms with E-state index >= 15 is 0 Å². The van der Waals surface area contributed by atoms with Crippen molar-refractivity contribution in [2.45, 2.75) is 26.2 Å². The van der Waals surface area contributed by atoms with Gasteiger partial charge in [0, 0.05) is 24.9 Å². The summed E-state index contributed by atoms with van der Waals surface area (Å²) in [4.78, 5) is 26.4. The Bertz CT molecular complexity index is 1010. The third kappa shape index (κ3) is 4.32. The Labute approximate surface area is 165 Å². The number of carbonyl (C=O) groups is 2. The number of alkyl halides is 3. The van der Waals surface area contributed by atoms with E-state index in [4.69, 9.17) is 14.9 Å². The van der Waals surface area contributed by atoms with Crippen molar-refractivity contribution in [2.75, 3.05) is 5.32 Å². The zero-order valence-electron chi connectivity index (χ0n) is 14.4. The number of aromatic nitrogens is 1. The molecule has 6 nitrogen and oxygen atoms in total. The molecule has 1 aromatic carbocycles. The quantitative estimate of drug-likeness (QED) is 0.567. The number of benzene rings is 1. The number of carboxylic acids is 1. The van der Waals surface area contributed by atoms with E-state index in [0.29, 0.717) is 0 Å². The third-order valence-corrected chi connectivity index (χ3v) is 5.92. The summed E-state index contributed by atoms with van der Waals surface area (Å²) in [6, 6.07) is 8.14. The molecule has 0 saturated heterocycles. The second-order valence-corrected chi connectivity index (χ2v) is 7.92. The highest BCUT2D eigenvalue weighted by molar-refractivity contribution is 7.22. The van der Waals surface area contributed by atoms with Gasteiger partial charge in [0.25, 0.3) is 0 Å². The second-order valence-electron chi connectivity index (χ2n) is 5.78. The average molecular weight is 429 g/mol. The van der Waals surface area contributed by atoms with Crippen molar-refractivity contribution in [1.82, 2.24) is 10.3 Å². The summed E-state index contributed by atoms with van der Waals surface area (Å²) in [6.07, 6.45) is -5.08. The first-order valence-corrected chi connectivity index (χ1v) is 9.59. The zero-order chi connectivity index (χ0) is 20.5. The van der Waals surface area contributed by atoms with Crippen LogP contribution in [0.15, 0.2) is 24.3 Å². The molecule has 3 heterocycles. The van der Waals surface area contributed by atoms with Crippen LogP contribution in [0.4, 0.5) is 18.2 Å². The lowest BCUT2D eigenvalue weighted by Crippen LogP contribution is -2.21. The molecule has 11 heteroatoms. The first-order valence-electron chi connectivity index (χ1n) is 7.95. The summed E-state index contributed by atoms with van der Waals surface area (Å²) < 4.78 is 32.9. The SMILES string of the molecule is CC(=O)Nc1sc2c(c1-c1nc3ccccc3s1)CNC2.O=C(O)C(F)(F)F. The molecule has 4 rings (SSSR count). The minimum atomic E-state index is -5.08. The Morgan fingerprint density at radius 3 is 2.50 bits per heavy atom. The van der Waals surface area contributed by atoms with Crippen molar-refractivity contribution < 1.29 is 27.9 Å².